The zero-order valence-electron chi connectivity index (χ0n) is 37.2. The zero-order chi connectivity index (χ0) is 43.1. The van der Waals surface area contributed by atoms with Crippen LogP contribution in [0, 0.1) is 5.92 Å². The Hall–Kier alpha value is -2.18. The van der Waals surface area contributed by atoms with Crippen LogP contribution in [0.25, 0.3) is 0 Å². The van der Waals surface area contributed by atoms with Crippen molar-refractivity contribution in [3.8, 4) is 0 Å². The van der Waals surface area contributed by atoms with Crippen LogP contribution >= 0.6 is 11.8 Å². The maximum Gasteiger partial charge on any atom is 0.305 e. The summed E-state index contributed by atoms with van der Waals surface area (Å²) in [5.74, 6) is -1.15. The maximum atomic E-state index is 13.8. The molecular formula is C48H84N2O8S. The summed E-state index contributed by atoms with van der Waals surface area (Å²) in [5.41, 5.74) is 0.377. The normalized spacial score (nSPS) is 19.3. The van der Waals surface area contributed by atoms with Gasteiger partial charge in [0.1, 0.15) is 23.7 Å². The number of carboxylic acid groups (broad SMARTS) is 1. The maximum absolute atomic E-state index is 13.8. The monoisotopic (exact) mass is 849 g/mol. The topological polar surface area (TPSA) is 165 Å². The standard InChI is InChI=1S/C48H84N2O8S/c1-4-6-8-10-12-14-16-18-20-22-24-26-28-38(29-27-25-23-21-19-17-15-13-11-9-7-5-2)35-50-47(57)41-33-39(32-40(34-41)46(56)49-31-30-42(51)52)36-59-48-45(55)44(54)43(53)37(3)58-48/h32-34,37-38,43-45,48,53-55H,4-31,35-36H2,1-3H3,(H,49,56)(H,50,57)(H,51,52). The quantitative estimate of drug-likeness (QED) is 0.0361. The Kier molecular flexibility index (Phi) is 30.0. The van der Waals surface area contributed by atoms with Gasteiger partial charge in [0.05, 0.1) is 12.5 Å². The van der Waals surface area contributed by atoms with Gasteiger partial charge in [0.15, 0.2) is 0 Å². The molecule has 6 N–H and O–H groups in total. The van der Waals surface area contributed by atoms with E-state index in [2.05, 4.69) is 24.5 Å². The lowest BCUT2D eigenvalue weighted by Gasteiger charge is -2.39. The highest BCUT2D eigenvalue weighted by Gasteiger charge is 2.41. The van der Waals surface area contributed by atoms with E-state index in [4.69, 9.17) is 9.84 Å². The molecule has 0 saturated carbocycles. The largest absolute Gasteiger partial charge is 0.481 e. The third kappa shape index (κ3) is 24.2. The summed E-state index contributed by atoms with van der Waals surface area (Å²) in [7, 11) is 0. The van der Waals surface area contributed by atoms with Crippen LogP contribution in [0.4, 0.5) is 0 Å². The zero-order valence-corrected chi connectivity index (χ0v) is 38.1. The van der Waals surface area contributed by atoms with Crippen molar-refractivity contribution >= 4 is 29.5 Å². The van der Waals surface area contributed by atoms with Crippen LogP contribution in [-0.2, 0) is 15.3 Å². The average Bonchev–Trinajstić information content (AvgIpc) is 3.22. The molecule has 11 heteroatoms. The van der Waals surface area contributed by atoms with Crippen LogP contribution in [0.15, 0.2) is 18.2 Å². The summed E-state index contributed by atoms with van der Waals surface area (Å²) < 4.78 is 5.76. The van der Waals surface area contributed by atoms with Gasteiger partial charge in [-0.2, -0.15) is 0 Å². The predicted octanol–water partition coefficient (Wildman–Crippen LogP) is 10.5. The summed E-state index contributed by atoms with van der Waals surface area (Å²) in [6.07, 6.45) is 28.8. The molecule has 59 heavy (non-hydrogen) atoms. The van der Waals surface area contributed by atoms with Crippen LogP contribution in [0.5, 0.6) is 0 Å². The molecule has 0 aromatic heterocycles. The fraction of sp³-hybridized carbons (Fsp3) is 0.812. The number of hydrogen-bond donors (Lipinski definition) is 6. The van der Waals surface area contributed by atoms with Crippen LogP contribution in [-0.4, -0.2) is 81.2 Å². The number of amides is 2. The van der Waals surface area contributed by atoms with E-state index in [1.54, 1.807) is 25.1 Å². The molecule has 1 aromatic carbocycles. The second-order valence-corrected chi connectivity index (χ2v) is 18.3. The number of hydrogen-bond acceptors (Lipinski definition) is 8. The van der Waals surface area contributed by atoms with E-state index in [1.807, 2.05) is 0 Å². The fourth-order valence-corrected chi connectivity index (χ4v) is 9.12. The van der Waals surface area contributed by atoms with Gasteiger partial charge in [0, 0.05) is 30.0 Å². The van der Waals surface area contributed by atoms with Gasteiger partial charge in [-0.25, -0.2) is 0 Å². The summed E-state index contributed by atoms with van der Waals surface area (Å²) >= 11 is 1.21. The van der Waals surface area contributed by atoms with E-state index >= 15 is 0 Å². The number of nitrogens with one attached hydrogen (secondary N) is 2. The van der Waals surface area contributed by atoms with Crippen molar-refractivity contribution in [3.63, 3.8) is 0 Å². The summed E-state index contributed by atoms with van der Waals surface area (Å²) in [4.78, 5) is 37.9. The third-order valence-electron chi connectivity index (χ3n) is 11.8. The number of carbonyl (C=O) groups is 3. The third-order valence-corrected chi connectivity index (χ3v) is 13.1. The molecule has 1 aliphatic heterocycles. The molecule has 1 heterocycles. The summed E-state index contributed by atoms with van der Waals surface area (Å²) in [6, 6.07) is 4.92. The molecule has 0 spiro atoms. The Balaban J connectivity index is 1.99. The van der Waals surface area contributed by atoms with Crippen molar-refractivity contribution in [2.24, 2.45) is 5.92 Å². The molecule has 2 amide bonds. The number of thioether (sulfide) groups is 1. The van der Waals surface area contributed by atoms with Crippen molar-refractivity contribution < 1.29 is 39.5 Å². The minimum Gasteiger partial charge on any atom is -0.481 e. The molecule has 0 bridgehead atoms. The van der Waals surface area contributed by atoms with Crippen molar-refractivity contribution in [2.75, 3.05) is 13.1 Å². The number of aliphatic carboxylic acids is 1. The molecule has 5 atom stereocenters. The van der Waals surface area contributed by atoms with Gasteiger partial charge in [0.25, 0.3) is 11.8 Å². The number of unbranched alkanes of at least 4 members (excludes halogenated alkanes) is 22. The molecule has 2 rings (SSSR count). The van der Waals surface area contributed by atoms with Gasteiger partial charge in [-0.15, -0.1) is 11.8 Å². The molecule has 1 aromatic rings. The second-order valence-electron chi connectivity index (χ2n) is 17.2. The van der Waals surface area contributed by atoms with Gasteiger partial charge in [-0.1, -0.05) is 168 Å². The molecule has 1 fully saturated rings. The number of aliphatic hydroxyl groups excluding tert-OH is 3. The minimum atomic E-state index is -1.36. The molecule has 0 aliphatic carbocycles. The van der Waals surface area contributed by atoms with Crippen LogP contribution in [0.3, 0.4) is 0 Å². The molecule has 5 unspecified atom stereocenters. The second kappa shape index (κ2) is 33.4. The van der Waals surface area contributed by atoms with E-state index in [-0.39, 0.29) is 30.2 Å². The summed E-state index contributed by atoms with van der Waals surface area (Å²) in [5, 5.41) is 45.8. The SMILES string of the molecule is CCCCCCCCCCCCCCC(CCCCCCCCCCCCCC)CNC(=O)c1cc(CSC2OC(C)C(O)C(O)C2O)cc(C(=O)NCCC(=O)O)c1. The molecule has 1 aliphatic rings. The van der Waals surface area contributed by atoms with Crippen LogP contribution in [0.2, 0.25) is 0 Å². The fourth-order valence-electron chi connectivity index (χ4n) is 7.99. The Morgan fingerprint density at radius 3 is 1.47 bits per heavy atom. The van der Waals surface area contributed by atoms with Crippen molar-refractivity contribution in [3.05, 3.63) is 34.9 Å². The Bertz CT molecular complexity index is 1240. The first-order chi connectivity index (χ1) is 28.6. The lowest BCUT2D eigenvalue weighted by Crippen LogP contribution is -2.55. The number of aliphatic hydroxyl groups is 3. The van der Waals surface area contributed by atoms with Gasteiger partial charge >= 0.3 is 5.97 Å². The Morgan fingerprint density at radius 2 is 1.03 bits per heavy atom. The number of benzene rings is 1. The first-order valence-electron chi connectivity index (χ1n) is 23.8. The van der Waals surface area contributed by atoms with Crippen molar-refractivity contribution in [2.45, 2.75) is 230 Å². The first kappa shape index (κ1) is 53.0. The molecule has 1 saturated heterocycles. The summed E-state index contributed by atoms with van der Waals surface area (Å²) in [6.45, 7) is 6.67. The Labute approximate surface area is 362 Å². The minimum absolute atomic E-state index is 0.0468. The van der Waals surface area contributed by atoms with E-state index in [0.717, 1.165) is 25.7 Å². The smallest absolute Gasteiger partial charge is 0.305 e. The van der Waals surface area contributed by atoms with Gasteiger partial charge in [-0.3, -0.25) is 14.4 Å². The van der Waals surface area contributed by atoms with Crippen LogP contribution < -0.4 is 10.6 Å². The Morgan fingerprint density at radius 1 is 0.610 bits per heavy atom. The predicted molar refractivity (Wildman–Crippen MR) is 242 cm³/mol. The lowest BCUT2D eigenvalue weighted by molar-refractivity contribution is -0.192. The van der Waals surface area contributed by atoms with E-state index in [9.17, 15) is 29.7 Å². The highest BCUT2D eigenvalue weighted by molar-refractivity contribution is 7.99. The molecule has 0 radical (unpaired) electrons. The van der Waals surface area contributed by atoms with Crippen LogP contribution in [0.1, 0.15) is 220 Å². The van der Waals surface area contributed by atoms with E-state index in [1.165, 1.54) is 153 Å². The van der Waals surface area contributed by atoms with Crippen molar-refractivity contribution in [1.82, 2.24) is 10.6 Å². The number of carbonyl (C=O) groups excluding carboxylic acids is 2. The van der Waals surface area contributed by atoms with Crippen molar-refractivity contribution in [1.29, 1.82) is 0 Å². The van der Waals surface area contributed by atoms with Gasteiger partial charge < -0.3 is 35.8 Å². The molecule has 340 valence electrons. The average molecular weight is 849 g/mol. The lowest BCUT2D eigenvalue weighted by atomic mass is 9.93. The number of carboxylic acids is 1. The molecular weight excluding hydrogens is 765 g/mol. The highest BCUT2D eigenvalue weighted by atomic mass is 32.2. The van der Waals surface area contributed by atoms with E-state index < -0.39 is 41.7 Å². The van der Waals surface area contributed by atoms with Gasteiger partial charge in [-0.05, 0) is 49.4 Å². The number of rotatable bonds is 36. The first-order valence-corrected chi connectivity index (χ1v) is 24.9. The van der Waals surface area contributed by atoms with E-state index in [0.29, 0.717) is 23.6 Å². The molecule has 10 nitrogen and oxygen atoms in total. The van der Waals surface area contributed by atoms with Gasteiger partial charge in [0.2, 0.25) is 0 Å². The highest BCUT2D eigenvalue weighted by Crippen LogP contribution is 2.31. The number of ether oxygens (including phenoxy) is 1.